The van der Waals surface area contributed by atoms with Gasteiger partial charge in [0.05, 0.1) is 29.2 Å². The van der Waals surface area contributed by atoms with Crippen LogP contribution in [-0.4, -0.2) is 96.2 Å². The first kappa shape index (κ1) is 32.2. The Morgan fingerprint density at radius 2 is 1.82 bits per heavy atom. The third-order valence-electron chi connectivity index (χ3n) is 8.41. The van der Waals surface area contributed by atoms with E-state index >= 15 is 0 Å². The molecule has 220 valence electrons. The molecule has 3 aliphatic heterocycles. The van der Waals surface area contributed by atoms with Crippen LogP contribution in [0.25, 0.3) is 0 Å². The zero-order chi connectivity index (χ0) is 29.5. The molecule has 2 bridgehead atoms. The third-order valence-corrected chi connectivity index (χ3v) is 11.6. The molecule has 7 atom stereocenters. The van der Waals surface area contributed by atoms with Gasteiger partial charge in [0.1, 0.15) is 6.04 Å². The average Bonchev–Trinajstić information content (AvgIpc) is 3.42. The van der Waals surface area contributed by atoms with Gasteiger partial charge in [-0.05, 0) is 45.4 Å². The highest BCUT2D eigenvalue weighted by Crippen LogP contribution is 2.68. The number of halogens is 1. The van der Waals surface area contributed by atoms with Crippen LogP contribution < -0.4 is 0 Å². The first-order valence-electron chi connectivity index (χ1n) is 14.2. The van der Waals surface area contributed by atoms with Crippen molar-refractivity contribution >= 4 is 45.4 Å². The Labute approximate surface area is 247 Å². The summed E-state index contributed by atoms with van der Waals surface area (Å²) in [4.78, 5) is 48.4. The van der Waals surface area contributed by atoms with E-state index in [1.807, 2.05) is 11.8 Å². The lowest BCUT2D eigenvalue weighted by Crippen LogP contribution is -2.61. The highest BCUT2D eigenvalue weighted by molar-refractivity contribution is 9.09. The van der Waals surface area contributed by atoms with Gasteiger partial charge >= 0.3 is 0 Å². The molecule has 39 heavy (non-hydrogen) atoms. The molecule has 3 amide bonds. The van der Waals surface area contributed by atoms with Crippen LogP contribution in [0, 0.1) is 17.3 Å². The van der Waals surface area contributed by atoms with E-state index in [-0.39, 0.29) is 39.8 Å². The number of aliphatic hydroxyl groups excluding tert-OH is 1. The zero-order valence-electron chi connectivity index (χ0n) is 24.8. The molecular formula is C30H48BrN3O4S. The Morgan fingerprint density at radius 1 is 1.21 bits per heavy atom. The number of hydrogen-bond donors (Lipinski definition) is 1. The van der Waals surface area contributed by atoms with Crippen molar-refractivity contribution in [2.24, 2.45) is 17.3 Å². The summed E-state index contributed by atoms with van der Waals surface area (Å²) in [5.74, 6) is -1.51. The van der Waals surface area contributed by atoms with Gasteiger partial charge in [0.2, 0.25) is 17.7 Å². The van der Waals surface area contributed by atoms with Gasteiger partial charge in [-0.2, -0.15) is 0 Å². The number of carbonyl (C=O) groups excluding carboxylic acids is 3. The topological polar surface area (TPSA) is 81.2 Å². The van der Waals surface area contributed by atoms with E-state index in [1.165, 1.54) is 0 Å². The molecule has 3 unspecified atom stereocenters. The van der Waals surface area contributed by atoms with Gasteiger partial charge < -0.3 is 19.8 Å². The lowest BCUT2D eigenvalue weighted by atomic mass is 9.70. The number of rotatable bonds is 12. The van der Waals surface area contributed by atoms with Crippen LogP contribution in [0.3, 0.4) is 0 Å². The van der Waals surface area contributed by atoms with E-state index in [0.29, 0.717) is 26.1 Å². The summed E-state index contributed by atoms with van der Waals surface area (Å²) in [5, 5.41) is 10.1. The summed E-state index contributed by atoms with van der Waals surface area (Å²) >= 11 is 5.49. The lowest BCUT2D eigenvalue weighted by Gasteiger charge is -2.46. The third kappa shape index (κ3) is 5.74. The van der Waals surface area contributed by atoms with Gasteiger partial charge in [0.15, 0.2) is 0 Å². The van der Waals surface area contributed by atoms with Crippen LogP contribution in [0.5, 0.6) is 0 Å². The van der Waals surface area contributed by atoms with E-state index in [2.05, 4.69) is 63.7 Å². The average molecular weight is 627 g/mol. The van der Waals surface area contributed by atoms with Crippen molar-refractivity contribution in [1.29, 1.82) is 0 Å². The number of likely N-dealkylation sites (tertiary alicyclic amines) is 1. The second-order valence-electron chi connectivity index (χ2n) is 13.3. The minimum Gasteiger partial charge on any atom is -0.394 e. The first-order chi connectivity index (χ1) is 18.1. The van der Waals surface area contributed by atoms with E-state index in [4.69, 9.17) is 0 Å². The van der Waals surface area contributed by atoms with Crippen molar-refractivity contribution in [3.8, 4) is 0 Å². The summed E-state index contributed by atoms with van der Waals surface area (Å²) in [6, 6.07) is -1.32. The monoisotopic (exact) mass is 625 g/mol. The van der Waals surface area contributed by atoms with Gasteiger partial charge in [-0.15, -0.1) is 24.9 Å². The Morgan fingerprint density at radius 3 is 2.33 bits per heavy atom. The summed E-state index contributed by atoms with van der Waals surface area (Å²) in [5.41, 5.74) is -0.526. The Bertz CT molecular complexity index is 982. The van der Waals surface area contributed by atoms with Crippen molar-refractivity contribution in [3.63, 3.8) is 0 Å². The molecule has 0 saturated carbocycles. The molecule has 0 aromatic carbocycles. The predicted molar refractivity (Wildman–Crippen MR) is 163 cm³/mol. The zero-order valence-corrected chi connectivity index (χ0v) is 27.2. The van der Waals surface area contributed by atoms with Gasteiger partial charge in [0.25, 0.3) is 0 Å². The maximum absolute atomic E-state index is 14.8. The quantitative estimate of drug-likeness (QED) is 0.255. The van der Waals surface area contributed by atoms with Crippen LogP contribution in [0.2, 0.25) is 0 Å². The molecule has 3 heterocycles. The fourth-order valence-electron chi connectivity index (χ4n) is 7.42. The second-order valence-corrected chi connectivity index (χ2v) is 16.0. The second kappa shape index (κ2) is 11.9. The molecule has 0 aromatic heterocycles. The van der Waals surface area contributed by atoms with Crippen molar-refractivity contribution in [3.05, 3.63) is 25.3 Å². The fraction of sp³-hybridized carbons (Fsp3) is 0.767. The van der Waals surface area contributed by atoms with Gasteiger partial charge in [-0.3, -0.25) is 14.4 Å². The number of thioether (sulfide) groups is 1. The maximum Gasteiger partial charge on any atom is 0.247 e. The van der Waals surface area contributed by atoms with E-state index in [1.54, 1.807) is 40.6 Å². The molecule has 1 N–H and O–H groups in total. The molecule has 3 fully saturated rings. The molecular weight excluding hydrogens is 578 g/mol. The van der Waals surface area contributed by atoms with Gasteiger partial charge in [0, 0.05) is 35.3 Å². The van der Waals surface area contributed by atoms with E-state index in [9.17, 15) is 19.5 Å². The molecule has 3 saturated heterocycles. The lowest BCUT2D eigenvalue weighted by molar-refractivity contribution is -0.149. The van der Waals surface area contributed by atoms with Crippen molar-refractivity contribution in [2.75, 3.05) is 26.2 Å². The van der Waals surface area contributed by atoms with Crippen molar-refractivity contribution in [2.45, 2.75) is 100 Å². The van der Waals surface area contributed by atoms with E-state index in [0.717, 1.165) is 12.8 Å². The molecule has 9 heteroatoms. The molecule has 3 aliphatic rings. The minimum absolute atomic E-state index is 0.00262. The van der Waals surface area contributed by atoms with Crippen molar-refractivity contribution in [1.82, 2.24) is 14.7 Å². The highest BCUT2D eigenvalue weighted by atomic mass is 79.9. The van der Waals surface area contributed by atoms with Crippen LogP contribution in [0.15, 0.2) is 25.3 Å². The molecule has 1 spiro atoms. The van der Waals surface area contributed by atoms with Crippen molar-refractivity contribution < 1.29 is 19.5 Å². The number of hydrogen-bond acceptors (Lipinski definition) is 5. The number of fused-ring (bicyclic) bond motifs is 1. The normalized spacial score (nSPS) is 30.7. The van der Waals surface area contributed by atoms with Crippen LogP contribution >= 0.6 is 27.7 Å². The number of nitrogens with zero attached hydrogens (tertiary/aromatic N) is 3. The molecule has 7 nitrogen and oxygen atoms in total. The largest absolute Gasteiger partial charge is 0.394 e. The molecule has 3 rings (SSSR count). The van der Waals surface area contributed by atoms with Crippen LogP contribution in [0.4, 0.5) is 0 Å². The summed E-state index contributed by atoms with van der Waals surface area (Å²) in [6.45, 7) is 23.3. The molecule has 0 radical (unpaired) electrons. The van der Waals surface area contributed by atoms with E-state index < -0.39 is 34.2 Å². The first-order valence-corrected chi connectivity index (χ1v) is 16.0. The van der Waals surface area contributed by atoms with Crippen LogP contribution in [-0.2, 0) is 14.4 Å². The smallest absolute Gasteiger partial charge is 0.247 e. The van der Waals surface area contributed by atoms with Gasteiger partial charge in [-0.25, -0.2) is 0 Å². The van der Waals surface area contributed by atoms with Gasteiger partial charge in [-0.1, -0.05) is 55.8 Å². The maximum atomic E-state index is 14.8. The number of carbonyl (C=O) groups is 3. The summed E-state index contributed by atoms with van der Waals surface area (Å²) in [6.07, 6.45) is 5.65. The summed E-state index contributed by atoms with van der Waals surface area (Å²) < 4.78 is -0.750. The number of aliphatic hydroxyl groups is 1. The Balaban J connectivity index is 2.13. The Hall–Kier alpha value is -1.32. The SMILES string of the molecule is C=CCN(CCC)C(=O)[C@H]1[C@H]2C(=O)N([C@H](C)CO)C(C(=O)N(CC=C)C(C)(C)CC(C)(C)C)C23CC(Br)[C@@H]1S3. The highest BCUT2D eigenvalue weighted by Gasteiger charge is 2.76. The summed E-state index contributed by atoms with van der Waals surface area (Å²) in [7, 11) is 0. The Kier molecular flexibility index (Phi) is 9.81. The fourth-order valence-corrected chi connectivity index (χ4v) is 11.0. The molecule has 0 aromatic rings. The standard InChI is InChI=1S/C30H48BrN3O4S/c1-10-13-32(14-11-2)25(36)21-22-26(37)34(19(4)17-35)24(30(22)16-20(31)23(21)39-30)27(38)33(15-12-3)29(8,9)18-28(5,6)7/h10,12,19-24,35H,1,3,11,13-18H2,2,4-9H3/t19-,20?,21+,22+,23+,24?,30?/m1/s1. The number of amides is 3. The van der Waals surface area contributed by atoms with Crippen LogP contribution in [0.1, 0.15) is 67.7 Å². The minimum atomic E-state index is -0.775. The molecule has 0 aliphatic carbocycles. The number of alkyl halides is 1. The predicted octanol–water partition coefficient (Wildman–Crippen LogP) is 4.49.